The lowest BCUT2D eigenvalue weighted by Gasteiger charge is -2.18. The van der Waals surface area contributed by atoms with Crippen molar-refractivity contribution < 1.29 is 18.1 Å². The van der Waals surface area contributed by atoms with Crippen LogP contribution in [0, 0.1) is 10.1 Å². The summed E-state index contributed by atoms with van der Waals surface area (Å²) in [5.41, 5.74) is -0.326. The number of non-ortho nitro benzene ring substituents is 1. The van der Waals surface area contributed by atoms with Crippen LogP contribution in [0.4, 0.5) is 5.69 Å². The van der Waals surface area contributed by atoms with Gasteiger partial charge in [-0.3, -0.25) is 14.9 Å². The van der Waals surface area contributed by atoms with Crippen LogP contribution < -0.4 is 10.6 Å². The fraction of sp³-hybridized carbons (Fsp3) is 0.500. The maximum absolute atomic E-state index is 12.4. The fourth-order valence-electron chi connectivity index (χ4n) is 1.97. The summed E-state index contributed by atoms with van der Waals surface area (Å²) in [6.07, 6.45) is 0. The van der Waals surface area contributed by atoms with Crippen LogP contribution in [0.25, 0.3) is 0 Å². The zero-order valence-corrected chi connectivity index (χ0v) is 14.7. The average Bonchev–Trinajstić information content (AvgIpc) is 2.53. The topological polar surface area (TPSA) is 122 Å². The number of hydrogen-bond acceptors (Lipinski definition) is 6. The van der Waals surface area contributed by atoms with E-state index in [1.165, 1.54) is 25.2 Å². The third-order valence-electron chi connectivity index (χ3n) is 3.26. The molecule has 1 aromatic carbocycles. The minimum absolute atomic E-state index is 0.0673. The molecule has 0 aliphatic heterocycles. The number of carbonyl (C=O) groups excluding carboxylic acids is 1. The van der Waals surface area contributed by atoms with E-state index >= 15 is 0 Å². The molecular weight excluding hydrogens is 336 g/mol. The molecule has 10 heteroatoms. The Bertz CT molecular complexity index is 692. The quantitative estimate of drug-likeness (QED) is 0.484. The lowest BCUT2D eigenvalue weighted by atomic mass is 10.3. The van der Waals surface area contributed by atoms with Gasteiger partial charge in [0.15, 0.2) is 0 Å². The molecule has 0 radical (unpaired) electrons. The van der Waals surface area contributed by atoms with Gasteiger partial charge in [0.25, 0.3) is 5.69 Å². The van der Waals surface area contributed by atoms with Gasteiger partial charge in [0, 0.05) is 31.8 Å². The lowest BCUT2D eigenvalue weighted by Crippen LogP contribution is -2.43. The standard InChI is InChI=1S/C14H22N4O5S/c1-4-15-11(2)9-16-14(19)10-17(3)24(22,23)13-7-5-6-12(8-13)18(20)21/h5-8,11,15H,4,9-10H2,1-3H3,(H,16,19)/t11-/m1/s1. The molecule has 1 amide bonds. The van der Waals surface area contributed by atoms with Crippen molar-refractivity contribution in [3.05, 3.63) is 34.4 Å². The molecule has 0 spiro atoms. The van der Waals surface area contributed by atoms with E-state index in [1.807, 2.05) is 13.8 Å². The van der Waals surface area contributed by atoms with Crippen molar-refractivity contribution in [1.29, 1.82) is 0 Å². The number of nitro benzene ring substituents is 1. The molecule has 1 rings (SSSR count). The monoisotopic (exact) mass is 358 g/mol. The predicted molar refractivity (Wildman–Crippen MR) is 89.1 cm³/mol. The van der Waals surface area contributed by atoms with E-state index < -0.39 is 20.9 Å². The first-order chi connectivity index (χ1) is 11.2. The van der Waals surface area contributed by atoms with Crippen molar-refractivity contribution >= 4 is 21.6 Å². The van der Waals surface area contributed by atoms with Crippen LogP contribution in [0.15, 0.2) is 29.2 Å². The summed E-state index contributed by atoms with van der Waals surface area (Å²) in [5.74, 6) is -0.448. The molecule has 2 N–H and O–H groups in total. The summed E-state index contributed by atoms with van der Waals surface area (Å²) in [7, 11) is -2.73. The van der Waals surface area contributed by atoms with Crippen molar-refractivity contribution in [2.24, 2.45) is 0 Å². The summed E-state index contributed by atoms with van der Waals surface area (Å²) in [5, 5.41) is 16.5. The summed E-state index contributed by atoms with van der Waals surface area (Å²) in [4.78, 5) is 21.7. The largest absolute Gasteiger partial charge is 0.353 e. The second-order valence-electron chi connectivity index (χ2n) is 5.28. The maximum Gasteiger partial charge on any atom is 0.270 e. The van der Waals surface area contributed by atoms with Gasteiger partial charge in [0.1, 0.15) is 0 Å². The fourth-order valence-corrected chi connectivity index (χ4v) is 3.14. The highest BCUT2D eigenvalue weighted by molar-refractivity contribution is 7.89. The van der Waals surface area contributed by atoms with Crippen molar-refractivity contribution in [2.45, 2.75) is 24.8 Å². The smallest absolute Gasteiger partial charge is 0.270 e. The predicted octanol–water partition coefficient (Wildman–Crippen LogP) is 0.330. The Kier molecular flexibility index (Phi) is 7.26. The summed E-state index contributed by atoms with van der Waals surface area (Å²) >= 11 is 0. The Balaban J connectivity index is 2.75. The molecule has 0 heterocycles. The van der Waals surface area contributed by atoms with Crippen LogP contribution >= 0.6 is 0 Å². The van der Waals surface area contributed by atoms with Gasteiger partial charge in [0.05, 0.1) is 16.4 Å². The highest BCUT2D eigenvalue weighted by Gasteiger charge is 2.24. The third kappa shape index (κ3) is 5.55. The number of amides is 1. The highest BCUT2D eigenvalue weighted by Crippen LogP contribution is 2.19. The second-order valence-corrected chi connectivity index (χ2v) is 7.32. The molecule has 0 bridgehead atoms. The van der Waals surface area contributed by atoms with E-state index in [4.69, 9.17) is 0 Å². The first-order valence-corrected chi connectivity index (χ1v) is 8.83. The number of carbonyl (C=O) groups is 1. The zero-order chi connectivity index (χ0) is 18.3. The molecule has 134 valence electrons. The van der Waals surface area contributed by atoms with Crippen LogP contribution in [0.3, 0.4) is 0 Å². The van der Waals surface area contributed by atoms with Crippen LogP contribution in [0.5, 0.6) is 0 Å². The van der Waals surface area contributed by atoms with Crippen LogP contribution in [-0.4, -0.2) is 56.3 Å². The van der Waals surface area contributed by atoms with E-state index in [1.54, 1.807) is 0 Å². The van der Waals surface area contributed by atoms with Crippen LogP contribution in [-0.2, 0) is 14.8 Å². The number of nitro groups is 1. The van der Waals surface area contributed by atoms with E-state index in [-0.39, 0.29) is 23.2 Å². The number of nitrogens with zero attached hydrogens (tertiary/aromatic N) is 2. The van der Waals surface area contributed by atoms with Crippen molar-refractivity contribution in [2.75, 3.05) is 26.7 Å². The van der Waals surface area contributed by atoms with E-state index in [9.17, 15) is 23.3 Å². The van der Waals surface area contributed by atoms with Crippen LogP contribution in [0.1, 0.15) is 13.8 Å². The Morgan fingerprint density at radius 1 is 1.42 bits per heavy atom. The Morgan fingerprint density at radius 3 is 2.67 bits per heavy atom. The Labute approximate surface area is 141 Å². The number of nitrogens with one attached hydrogen (secondary N) is 2. The summed E-state index contributed by atoms with van der Waals surface area (Å²) in [6, 6.07) is 4.78. The second kappa shape index (κ2) is 8.71. The SMILES string of the molecule is CCN[C@H](C)CNC(=O)CN(C)S(=O)(=O)c1cccc([N+](=O)[O-])c1. The molecule has 0 aliphatic carbocycles. The average molecular weight is 358 g/mol. The molecule has 1 aromatic rings. The maximum atomic E-state index is 12.4. The van der Waals surface area contributed by atoms with Crippen molar-refractivity contribution in [3.63, 3.8) is 0 Å². The Hall–Kier alpha value is -2.04. The molecule has 24 heavy (non-hydrogen) atoms. The van der Waals surface area contributed by atoms with E-state index in [2.05, 4.69) is 10.6 Å². The zero-order valence-electron chi connectivity index (χ0n) is 13.9. The number of rotatable bonds is 9. The number of likely N-dealkylation sites (N-methyl/N-ethyl adjacent to an activating group) is 2. The minimum Gasteiger partial charge on any atom is -0.353 e. The molecule has 0 fully saturated rings. The van der Waals surface area contributed by atoms with Gasteiger partial charge in [-0.1, -0.05) is 13.0 Å². The number of sulfonamides is 1. The highest BCUT2D eigenvalue weighted by atomic mass is 32.2. The molecule has 0 unspecified atom stereocenters. The van der Waals surface area contributed by atoms with E-state index in [0.29, 0.717) is 6.54 Å². The van der Waals surface area contributed by atoms with Gasteiger partial charge in [-0.2, -0.15) is 4.31 Å². The summed E-state index contributed by atoms with van der Waals surface area (Å²) < 4.78 is 25.6. The van der Waals surface area contributed by atoms with Gasteiger partial charge < -0.3 is 10.6 Å². The minimum atomic E-state index is -3.99. The van der Waals surface area contributed by atoms with Gasteiger partial charge in [0.2, 0.25) is 15.9 Å². The molecule has 0 saturated heterocycles. The molecular formula is C14H22N4O5S. The van der Waals surface area contributed by atoms with Gasteiger partial charge in [-0.25, -0.2) is 8.42 Å². The molecule has 9 nitrogen and oxygen atoms in total. The van der Waals surface area contributed by atoms with Gasteiger partial charge >= 0.3 is 0 Å². The normalized spacial score (nSPS) is 12.8. The molecule has 0 aliphatic rings. The lowest BCUT2D eigenvalue weighted by molar-refractivity contribution is -0.385. The third-order valence-corrected chi connectivity index (χ3v) is 5.06. The molecule has 0 aromatic heterocycles. The number of hydrogen-bond donors (Lipinski definition) is 2. The first-order valence-electron chi connectivity index (χ1n) is 7.39. The Morgan fingerprint density at radius 2 is 2.08 bits per heavy atom. The van der Waals surface area contributed by atoms with Crippen molar-refractivity contribution in [3.8, 4) is 0 Å². The number of benzene rings is 1. The molecule has 1 atom stereocenters. The summed E-state index contributed by atoms with van der Waals surface area (Å²) in [6.45, 7) is 4.60. The van der Waals surface area contributed by atoms with Gasteiger partial charge in [-0.15, -0.1) is 0 Å². The van der Waals surface area contributed by atoms with Gasteiger partial charge in [-0.05, 0) is 19.5 Å². The van der Waals surface area contributed by atoms with Crippen molar-refractivity contribution in [1.82, 2.24) is 14.9 Å². The molecule has 0 saturated carbocycles. The van der Waals surface area contributed by atoms with E-state index in [0.717, 1.165) is 16.9 Å². The first kappa shape index (κ1) is 20.0. The van der Waals surface area contributed by atoms with Crippen LogP contribution in [0.2, 0.25) is 0 Å².